The quantitative estimate of drug-likeness (QED) is 0.0375. The summed E-state index contributed by atoms with van der Waals surface area (Å²) in [5, 5.41) is 0. The monoisotopic (exact) mass is 882 g/mol. The number of carbonyl (C=O) groups is 3. The van der Waals surface area contributed by atoms with Crippen molar-refractivity contribution in [1.29, 1.82) is 0 Å². The van der Waals surface area contributed by atoms with E-state index in [1.54, 1.807) is 20.8 Å². The molecule has 9 nitrogen and oxygen atoms in total. The van der Waals surface area contributed by atoms with Gasteiger partial charge in [-0.15, -0.1) is 0 Å². The van der Waals surface area contributed by atoms with Gasteiger partial charge < -0.3 is 28.7 Å². The zero-order chi connectivity index (χ0) is 47.0. The van der Waals surface area contributed by atoms with Gasteiger partial charge in [-0.2, -0.15) is 0 Å². The van der Waals surface area contributed by atoms with Gasteiger partial charge in [-0.05, 0) is 147 Å². The van der Waals surface area contributed by atoms with E-state index >= 15 is 0 Å². The Morgan fingerprint density at radius 2 is 0.606 bits per heavy atom. The number of benzene rings is 6. The third kappa shape index (κ3) is 13.4. The molecular weight excluding hydrogens is 825 g/mol. The summed E-state index contributed by atoms with van der Waals surface area (Å²) >= 11 is 0. The summed E-state index contributed by atoms with van der Waals surface area (Å²) in [7, 11) is 0. The van der Waals surface area contributed by atoms with Gasteiger partial charge in [-0.3, -0.25) is 0 Å². The minimum atomic E-state index is -0.396. The van der Waals surface area contributed by atoms with Crippen LogP contribution in [0.4, 0.5) is 34.1 Å². The van der Waals surface area contributed by atoms with Crippen LogP contribution in [0, 0.1) is 0 Å². The minimum Gasteiger partial charge on any atom is -0.462 e. The van der Waals surface area contributed by atoms with Gasteiger partial charge in [0.05, 0.1) is 19.8 Å². The van der Waals surface area contributed by atoms with Crippen molar-refractivity contribution >= 4 is 52.0 Å². The molecule has 0 bridgehead atoms. The number of carbonyl (C=O) groups excluding carboxylic acids is 3. The SMILES string of the molecule is C=C(C)C(=O)OCCc1ccc(N(c2ccc(CCC)cc2)c2ccc(Oc3ccc(N(c4ccc(CCOC(=O)C(=C)C)cc4)c4ccc(CCOC(=O)C(=C)C)cc4)cc3)cc2)cc1. The molecule has 6 rings (SSSR count). The molecule has 0 aliphatic carbocycles. The lowest BCUT2D eigenvalue weighted by Crippen LogP contribution is -2.11. The molecule has 0 aliphatic heterocycles. The second-order valence-corrected chi connectivity index (χ2v) is 16.2. The second-order valence-electron chi connectivity index (χ2n) is 16.2. The number of ether oxygens (including phenoxy) is 4. The van der Waals surface area contributed by atoms with Gasteiger partial charge in [0.25, 0.3) is 0 Å². The molecular formula is C57H58N2O7. The van der Waals surface area contributed by atoms with E-state index in [4.69, 9.17) is 18.9 Å². The first-order chi connectivity index (χ1) is 31.9. The maximum absolute atomic E-state index is 11.9. The molecule has 0 unspecified atom stereocenters. The highest BCUT2D eigenvalue weighted by Crippen LogP contribution is 2.38. The van der Waals surface area contributed by atoms with Crippen molar-refractivity contribution in [2.45, 2.75) is 59.8 Å². The van der Waals surface area contributed by atoms with Gasteiger partial charge in [0.15, 0.2) is 0 Å². The van der Waals surface area contributed by atoms with Crippen molar-refractivity contribution in [3.8, 4) is 11.5 Å². The number of nitrogens with zero attached hydrogens (tertiary/aromatic N) is 2. The van der Waals surface area contributed by atoms with E-state index in [-0.39, 0.29) is 25.8 Å². The van der Waals surface area contributed by atoms with Crippen molar-refractivity contribution in [2.75, 3.05) is 29.6 Å². The summed E-state index contributed by atoms with van der Waals surface area (Å²) in [5.41, 5.74) is 11.3. The summed E-state index contributed by atoms with van der Waals surface area (Å²) in [6.07, 6.45) is 3.85. The number of rotatable bonds is 22. The van der Waals surface area contributed by atoms with Crippen LogP contribution in [-0.2, 0) is 54.3 Å². The smallest absolute Gasteiger partial charge is 0.333 e. The fourth-order valence-corrected chi connectivity index (χ4v) is 7.05. The number of esters is 3. The molecule has 338 valence electrons. The Morgan fingerprint density at radius 1 is 0.379 bits per heavy atom. The first kappa shape index (κ1) is 47.8. The lowest BCUT2D eigenvalue weighted by atomic mass is 10.1. The number of aryl methyl sites for hydroxylation is 1. The average Bonchev–Trinajstić information content (AvgIpc) is 3.32. The Bertz CT molecular complexity index is 2520. The van der Waals surface area contributed by atoms with Crippen LogP contribution in [0.3, 0.4) is 0 Å². The molecule has 6 aromatic rings. The second kappa shape index (κ2) is 23.3. The first-order valence-corrected chi connectivity index (χ1v) is 22.2. The van der Waals surface area contributed by atoms with Crippen molar-refractivity contribution < 1.29 is 33.3 Å². The van der Waals surface area contributed by atoms with Crippen LogP contribution in [0.5, 0.6) is 11.5 Å². The van der Waals surface area contributed by atoms with Crippen LogP contribution >= 0.6 is 0 Å². The Balaban J connectivity index is 1.20. The molecule has 9 heteroatoms. The number of hydrogen-bond acceptors (Lipinski definition) is 9. The van der Waals surface area contributed by atoms with Crippen LogP contribution in [0.2, 0.25) is 0 Å². The van der Waals surface area contributed by atoms with E-state index < -0.39 is 11.9 Å². The highest BCUT2D eigenvalue weighted by atomic mass is 16.5. The Labute approximate surface area is 389 Å². The molecule has 0 N–H and O–H groups in total. The fraction of sp³-hybridized carbons (Fsp3) is 0.211. The summed E-state index contributed by atoms with van der Waals surface area (Å²) in [5.74, 6) is 0.197. The van der Waals surface area contributed by atoms with Crippen molar-refractivity contribution in [1.82, 2.24) is 0 Å². The van der Waals surface area contributed by atoms with Gasteiger partial charge >= 0.3 is 17.9 Å². The average molecular weight is 883 g/mol. The highest BCUT2D eigenvalue weighted by molar-refractivity contribution is 5.88. The third-order valence-corrected chi connectivity index (χ3v) is 10.7. The summed E-state index contributed by atoms with van der Waals surface area (Å²) in [6, 6.07) is 49.3. The van der Waals surface area contributed by atoms with Crippen LogP contribution < -0.4 is 14.5 Å². The predicted molar refractivity (Wildman–Crippen MR) is 265 cm³/mol. The molecule has 0 saturated carbocycles. The number of anilines is 6. The summed E-state index contributed by atoms with van der Waals surface area (Å²) in [6.45, 7) is 18.9. The lowest BCUT2D eigenvalue weighted by Gasteiger charge is -2.26. The highest BCUT2D eigenvalue weighted by Gasteiger charge is 2.16. The maximum Gasteiger partial charge on any atom is 0.333 e. The Morgan fingerprint density at radius 3 is 0.833 bits per heavy atom. The Kier molecular flexibility index (Phi) is 16.9. The first-order valence-electron chi connectivity index (χ1n) is 22.2. The zero-order valence-electron chi connectivity index (χ0n) is 38.4. The molecule has 0 radical (unpaired) electrons. The van der Waals surface area contributed by atoms with Crippen molar-refractivity contribution in [2.24, 2.45) is 0 Å². The van der Waals surface area contributed by atoms with E-state index in [1.807, 2.05) is 60.7 Å². The predicted octanol–water partition coefficient (Wildman–Crippen LogP) is 13.4. The van der Waals surface area contributed by atoms with Gasteiger partial charge in [0.2, 0.25) is 0 Å². The number of hydrogen-bond donors (Lipinski definition) is 0. The third-order valence-electron chi connectivity index (χ3n) is 10.7. The fourth-order valence-electron chi connectivity index (χ4n) is 7.05. The molecule has 0 spiro atoms. The van der Waals surface area contributed by atoms with Gasteiger partial charge in [0, 0.05) is 70.1 Å². The van der Waals surface area contributed by atoms with Gasteiger partial charge in [0.1, 0.15) is 11.5 Å². The van der Waals surface area contributed by atoms with Crippen LogP contribution in [0.1, 0.15) is 56.4 Å². The van der Waals surface area contributed by atoms with Crippen LogP contribution in [0.15, 0.2) is 182 Å². The summed E-state index contributed by atoms with van der Waals surface area (Å²) < 4.78 is 22.4. The van der Waals surface area contributed by atoms with Gasteiger partial charge in [-0.1, -0.05) is 81.6 Å². The standard InChI is InChI=1S/C57H58N2O7/c1-8-9-43-10-18-47(19-11-43)58(48-20-12-44(13-21-48)34-37-63-55(60)40(2)3)51-26-30-53(31-27-51)66-54-32-28-52(29-33-54)59(49-22-14-45(15-23-49)35-38-64-56(61)41(4)5)50-24-16-46(17-25-50)36-39-65-57(62)42(6)7/h10-33H,2,4,6,8-9,34-39H2,1,3,5,7H3. The molecule has 0 amide bonds. The molecule has 66 heavy (non-hydrogen) atoms. The van der Waals surface area contributed by atoms with Crippen LogP contribution in [-0.4, -0.2) is 37.7 Å². The van der Waals surface area contributed by atoms with E-state index in [0.717, 1.165) is 63.7 Å². The molecule has 0 aromatic heterocycles. The van der Waals surface area contributed by atoms with E-state index in [0.29, 0.717) is 47.5 Å². The molecule has 0 aliphatic rings. The molecule has 0 atom stereocenters. The minimum absolute atomic E-state index is 0.264. The largest absolute Gasteiger partial charge is 0.462 e. The van der Waals surface area contributed by atoms with E-state index in [1.165, 1.54) is 5.56 Å². The zero-order valence-corrected chi connectivity index (χ0v) is 38.4. The van der Waals surface area contributed by atoms with Crippen molar-refractivity contribution in [3.05, 3.63) is 204 Å². The van der Waals surface area contributed by atoms with Gasteiger partial charge in [-0.25, -0.2) is 14.4 Å². The van der Waals surface area contributed by atoms with E-state index in [2.05, 4.69) is 121 Å². The topological polar surface area (TPSA) is 94.6 Å². The Hall–Kier alpha value is -7.65. The maximum atomic E-state index is 11.9. The van der Waals surface area contributed by atoms with Crippen LogP contribution in [0.25, 0.3) is 0 Å². The molecule has 0 heterocycles. The lowest BCUT2D eigenvalue weighted by molar-refractivity contribution is -0.139. The van der Waals surface area contributed by atoms with Crippen molar-refractivity contribution in [3.63, 3.8) is 0 Å². The molecule has 0 saturated heterocycles. The normalized spacial score (nSPS) is 10.7. The van der Waals surface area contributed by atoms with E-state index in [9.17, 15) is 14.4 Å². The molecule has 6 aromatic carbocycles. The summed E-state index contributed by atoms with van der Waals surface area (Å²) in [4.78, 5) is 40.0. The molecule has 0 fully saturated rings.